The fourth-order valence-electron chi connectivity index (χ4n) is 2.55. The first kappa shape index (κ1) is 18.4. The van der Waals surface area contributed by atoms with Crippen LogP contribution in [0.15, 0.2) is 30.3 Å². The number of hydrogen-bond donors (Lipinski definition) is 1. The third-order valence-corrected chi connectivity index (χ3v) is 7.05. The molecule has 134 valence electrons. The maximum absolute atomic E-state index is 13.0. The van der Waals surface area contributed by atoms with Gasteiger partial charge in [0.1, 0.15) is 5.82 Å². The quantitative estimate of drug-likeness (QED) is 0.613. The Morgan fingerprint density at radius 2 is 1.76 bits per heavy atom. The third kappa shape index (κ3) is 4.83. The van der Waals surface area contributed by atoms with Crippen molar-refractivity contribution in [2.45, 2.75) is 6.92 Å². The first-order valence-electron chi connectivity index (χ1n) is 7.64. The van der Waals surface area contributed by atoms with E-state index in [1.165, 1.54) is 16.4 Å². The number of rotatable bonds is 4. The van der Waals surface area contributed by atoms with Gasteiger partial charge in [-0.1, -0.05) is 0 Å². The van der Waals surface area contributed by atoms with Crippen LogP contribution in [0.4, 0.5) is 21.8 Å². The monoisotopic (exact) mass is 560 g/mol. The van der Waals surface area contributed by atoms with Crippen molar-refractivity contribution in [2.24, 2.45) is 0 Å². The van der Waals surface area contributed by atoms with Crippen molar-refractivity contribution in [2.75, 3.05) is 36.4 Å². The van der Waals surface area contributed by atoms with Gasteiger partial charge in [-0.15, -0.1) is 0 Å². The van der Waals surface area contributed by atoms with Gasteiger partial charge in [0.25, 0.3) is 0 Å². The van der Waals surface area contributed by atoms with E-state index in [0.29, 0.717) is 37.9 Å². The van der Waals surface area contributed by atoms with Crippen molar-refractivity contribution >= 4 is 24.2 Å². The van der Waals surface area contributed by atoms with Crippen LogP contribution in [0.5, 0.6) is 0 Å². The predicted molar refractivity (Wildman–Crippen MR) is 89.2 cm³/mol. The third-order valence-electron chi connectivity index (χ3n) is 3.79. The summed E-state index contributed by atoms with van der Waals surface area (Å²) < 4.78 is 37.7. The second-order valence-corrected chi connectivity index (χ2v) is 11.5. The van der Waals surface area contributed by atoms with E-state index in [1.807, 2.05) is 17.9 Å². The molecule has 25 heavy (non-hydrogen) atoms. The second-order valence-electron chi connectivity index (χ2n) is 5.65. The molecule has 1 N–H and O–H groups in total. The fourth-order valence-corrected chi connectivity index (χ4v) is 4.75. The number of benzene rings is 1. The summed E-state index contributed by atoms with van der Waals surface area (Å²) in [5, 5.41) is 3.14. The fraction of sp³-hybridized carbons (Fsp3) is 0.333. The summed E-state index contributed by atoms with van der Waals surface area (Å²) in [5.41, 5.74) is 1.53. The Morgan fingerprint density at radius 1 is 1.12 bits per heavy atom. The Labute approximate surface area is 159 Å². The number of halogens is 1. The van der Waals surface area contributed by atoms with Gasteiger partial charge in [-0.25, -0.2) is 4.39 Å². The molecule has 1 aromatic heterocycles. The van der Waals surface area contributed by atoms with E-state index in [2.05, 4.69) is 15.3 Å². The molecule has 7 nitrogen and oxygen atoms in total. The number of aryl methyl sites for hydroxylation is 1. The van der Waals surface area contributed by atoms with E-state index in [1.54, 1.807) is 12.1 Å². The molecule has 0 bridgehead atoms. The van der Waals surface area contributed by atoms with Crippen molar-refractivity contribution in [3.8, 4) is 0 Å². The Bertz CT molecular complexity index is 855. The summed E-state index contributed by atoms with van der Waals surface area (Å²) >= 11 is 0.782. The normalized spacial score (nSPS) is 16.0. The van der Waals surface area contributed by atoms with Crippen LogP contribution in [0.25, 0.3) is 0 Å². The summed E-state index contributed by atoms with van der Waals surface area (Å²) in [6.45, 7) is 0.699. The number of nitrogens with zero attached hydrogens (tertiary/aromatic N) is 4. The number of anilines is 3. The van der Waals surface area contributed by atoms with E-state index in [-0.39, 0.29) is 5.82 Å². The second kappa shape index (κ2) is 7.47. The molecular formula is C15H17AtFN5O2S. The molecular weight excluding hydrogens is 543 g/mol. The van der Waals surface area contributed by atoms with Gasteiger partial charge in [0.2, 0.25) is 0 Å². The molecule has 0 amide bonds. The van der Waals surface area contributed by atoms with Gasteiger partial charge in [0.15, 0.2) is 0 Å². The Hall–Kier alpha value is -1.38. The topological polar surface area (TPSA) is 78.4 Å². The van der Waals surface area contributed by atoms with Crippen LogP contribution in [0.3, 0.4) is 0 Å². The molecule has 1 fully saturated rings. The Kier molecular flexibility index (Phi) is 5.50. The first-order valence-corrected chi connectivity index (χ1v) is 12.6. The van der Waals surface area contributed by atoms with Gasteiger partial charge in [-0.3, -0.25) is 0 Å². The summed E-state index contributed by atoms with van der Waals surface area (Å²) in [6, 6.07) is 7.84. The molecule has 2 aromatic rings. The number of hydrogen-bond acceptors (Lipinski definition) is 6. The summed E-state index contributed by atoms with van der Waals surface area (Å²) in [6.07, 6.45) is 0. The van der Waals surface area contributed by atoms with Crippen LogP contribution in [-0.4, -0.2) is 48.9 Å². The molecule has 0 spiro atoms. The van der Waals surface area contributed by atoms with Crippen molar-refractivity contribution in [3.63, 3.8) is 0 Å². The van der Waals surface area contributed by atoms with E-state index in [0.717, 1.165) is 34.6 Å². The van der Waals surface area contributed by atoms with Crippen molar-refractivity contribution in [1.29, 1.82) is 0 Å². The summed E-state index contributed by atoms with van der Waals surface area (Å²) in [5.74, 6) is 0.875. The van der Waals surface area contributed by atoms with Gasteiger partial charge in [0, 0.05) is 0 Å². The number of aromatic nitrogens is 2. The Morgan fingerprint density at radius 3 is 2.36 bits per heavy atom. The SMILES string of the molecule is Cc1cc(Nc2ccc(F)cc2)nc(N2CCN(S(=O)(=O)[At])CC2)n1. The van der Waals surface area contributed by atoms with Crippen LogP contribution < -0.4 is 10.2 Å². The first-order chi connectivity index (χ1) is 11.8. The average molecular weight is 560 g/mol. The maximum atomic E-state index is 13.0. The zero-order chi connectivity index (χ0) is 18.0. The van der Waals surface area contributed by atoms with Gasteiger partial charge in [-0.05, 0) is 0 Å². The van der Waals surface area contributed by atoms with Crippen molar-refractivity contribution < 1.29 is 36.1 Å². The minimum absolute atomic E-state index is 0.296. The number of piperazine rings is 1. The van der Waals surface area contributed by atoms with E-state index < -0.39 is 6.78 Å². The van der Waals surface area contributed by atoms with E-state index in [9.17, 15) is 12.8 Å². The molecule has 0 radical (unpaired) electrons. The summed E-state index contributed by atoms with van der Waals surface area (Å²) in [4.78, 5) is 10.9. The minimum atomic E-state index is -3.11. The molecule has 1 saturated heterocycles. The Balaban J connectivity index is 1.75. The van der Waals surface area contributed by atoms with Crippen molar-refractivity contribution in [3.05, 3.63) is 41.8 Å². The van der Waals surface area contributed by atoms with E-state index in [4.69, 9.17) is 0 Å². The average Bonchev–Trinajstić information content (AvgIpc) is 2.56. The van der Waals surface area contributed by atoms with Crippen LogP contribution in [-0.2, 0) is 6.78 Å². The molecule has 2 heterocycles. The standard InChI is InChI=1S/C15H17AtFN5O2S/c1-11-10-14(19-13-4-2-12(17)3-5-13)20-15(18-11)21-6-8-22(9-7-21)25(16,23)24/h2-5,10H,6-9H2,1H3,(H,18,19,20). The predicted octanol–water partition coefficient (Wildman–Crippen LogP) is 1.58. The zero-order valence-electron chi connectivity index (χ0n) is 13.5. The van der Waals surface area contributed by atoms with Crippen LogP contribution in [0, 0.1) is 36.0 Å². The van der Waals surface area contributed by atoms with Crippen LogP contribution in [0.2, 0.25) is 0 Å². The zero-order valence-corrected chi connectivity index (χ0v) is 17.2. The molecule has 1 aliphatic rings. The molecule has 0 aliphatic carbocycles. The molecule has 0 saturated carbocycles. The van der Waals surface area contributed by atoms with E-state index >= 15 is 0 Å². The molecule has 0 atom stereocenters. The van der Waals surface area contributed by atoms with Gasteiger partial charge < -0.3 is 0 Å². The van der Waals surface area contributed by atoms with Crippen LogP contribution >= 0.6 is 0 Å². The molecule has 10 heteroatoms. The van der Waals surface area contributed by atoms with Crippen molar-refractivity contribution in [1.82, 2.24) is 14.3 Å². The molecule has 1 aliphatic heterocycles. The van der Waals surface area contributed by atoms with Gasteiger partial charge in [0.05, 0.1) is 0 Å². The summed E-state index contributed by atoms with van der Waals surface area (Å²) in [7, 11) is 0. The number of nitrogens with one attached hydrogen (secondary N) is 1. The molecule has 1 aromatic carbocycles. The molecule has 0 unspecified atom stereocenters. The van der Waals surface area contributed by atoms with Gasteiger partial charge in [-0.2, -0.15) is 0 Å². The molecule has 3 rings (SSSR count). The van der Waals surface area contributed by atoms with Gasteiger partial charge >= 0.3 is 150 Å². The van der Waals surface area contributed by atoms with Crippen LogP contribution in [0.1, 0.15) is 5.69 Å².